The zero-order valence-corrected chi connectivity index (χ0v) is 15.2. The van der Waals surface area contributed by atoms with E-state index in [1.165, 1.54) is 40.1 Å². The molecule has 3 rings (SSSR count). The van der Waals surface area contributed by atoms with Gasteiger partial charge in [0.05, 0.1) is 23.8 Å². The van der Waals surface area contributed by atoms with Crippen molar-refractivity contribution in [2.24, 2.45) is 0 Å². The van der Waals surface area contributed by atoms with E-state index in [0.717, 1.165) is 5.56 Å². The quantitative estimate of drug-likeness (QED) is 0.669. The van der Waals surface area contributed by atoms with E-state index < -0.39 is 0 Å². The van der Waals surface area contributed by atoms with Crippen LogP contribution >= 0.6 is 0 Å². The number of halogens is 1. The second kappa shape index (κ2) is 7.99. The number of carbonyl (C=O) groups excluding carboxylic acids is 1. The lowest BCUT2D eigenvalue weighted by Gasteiger charge is -2.18. The molecule has 0 spiro atoms. The minimum atomic E-state index is -0.334. The summed E-state index contributed by atoms with van der Waals surface area (Å²) in [6, 6.07) is 11.1. The van der Waals surface area contributed by atoms with Gasteiger partial charge in [0.1, 0.15) is 24.7 Å². The smallest absolute Gasteiger partial charge is 0.261 e. The first-order chi connectivity index (χ1) is 13.0. The first-order valence-corrected chi connectivity index (χ1v) is 8.53. The van der Waals surface area contributed by atoms with Gasteiger partial charge in [-0.25, -0.2) is 9.37 Å². The van der Waals surface area contributed by atoms with Gasteiger partial charge >= 0.3 is 0 Å². The van der Waals surface area contributed by atoms with Gasteiger partial charge in [-0.1, -0.05) is 12.1 Å². The molecule has 0 aliphatic carbocycles. The Bertz CT molecular complexity index is 1020. The van der Waals surface area contributed by atoms with Crippen molar-refractivity contribution in [1.82, 2.24) is 14.5 Å². The van der Waals surface area contributed by atoms with Crippen molar-refractivity contribution in [3.63, 3.8) is 0 Å². The van der Waals surface area contributed by atoms with Crippen LogP contribution in [0.15, 0.2) is 53.6 Å². The van der Waals surface area contributed by atoms with Crippen molar-refractivity contribution < 1.29 is 13.9 Å². The molecule has 1 aromatic heterocycles. The highest BCUT2D eigenvalue weighted by atomic mass is 19.1. The highest BCUT2D eigenvalue weighted by Gasteiger charge is 2.13. The Labute approximate surface area is 155 Å². The number of fused-ring (bicyclic) bond motifs is 1. The van der Waals surface area contributed by atoms with Crippen LogP contribution in [0.4, 0.5) is 4.39 Å². The van der Waals surface area contributed by atoms with Gasteiger partial charge in [-0.15, -0.1) is 0 Å². The summed E-state index contributed by atoms with van der Waals surface area (Å²) in [5.74, 6) is -0.0320. The summed E-state index contributed by atoms with van der Waals surface area (Å²) >= 11 is 0. The minimum Gasteiger partial charge on any atom is -0.492 e. The van der Waals surface area contributed by atoms with Gasteiger partial charge in [0.15, 0.2) is 0 Å². The van der Waals surface area contributed by atoms with Gasteiger partial charge in [-0.3, -0.25) is 14.2 Å². The molecule has 1 heterocycles. The number of amides is 1. The molecule has 0 saturated heterocycles. The number of para-hydroxylation sites is 1. The van der Waals surface area contributed by atoms with E-state index in [1.807, 2.05) is 13.0 Å². The van der Waals surface area contributed by atoms with E-state index in [-0.39, 0.29) is 30.4 Å². The van der Waals surface area contributed by atoms with Crippen molar-refractivity contribution in [2.75, 3.05) is 20.2 Å². The number of hydrogen-bond donors (Lipinski definition) is 0. The first-order valence-electron chi connectivity index (χ1n) is 8.53. The average Bonchev–Trinajstić information content (AvgIpc) is 2.66. The number of benzene rings is 2. The molecule has 0 N–H and O–H groups in total. The van der Waals surface area contributed by atoms with Gasteiger partial charge in [0.2, 0.25) is 5.91 Å². The molecule has 7 heteroatoms. The lowest BCUT2D eigenvalue weighted by molar-refractivity contribution is -0.130. The molecule has 140 valence electrons. The lowest BCUT2D eigenvalue weighted by Crippen LogP contribution is -2.36. The number of rotatable bonds is 6. The molecule has 27 heavy (non-hydrogen) atoms. The highest BCUT2D eigenvalue weighted by molar-refractivity contribution is 5.81. The van der Waals surface area contributed by atoms with Gasteiger partial charge in [0, 0.05) is 7.05 Å². The van der Waals surface area contributed by atoms with Crippen LogP contribution in [0, 0.1) is 12.7 Å². The third kappa shape index (κ3) is 4.31. The molecule has 3 aromatic rings. The van der Waals surface area contributed by atoms with E-state index in [1.54, 1.807) is 19.2 Å². The van der Waals surface area contributed by atoms with Crippen molar-refractivity contribution >= 4 is 16.8 Å². The summed E-state index contributed by atoms with van der Waals surface area (Å²) in [4.78, 5) is 30.7. The van der Waals surface area contributed by atoms with Gasteiger partial charge < -0.3 is 9.64 Å². The fourth-order valence-electron chi connectivity index (χ4n) is 2.67. The maximum Gasteiger partial charge on any atom is 0.261 e. The van der Waals surface area contributed by atoms with Crippen LogP contribution in [-0.2, 0) is 11.3 Å². The molecule has 0 radical (unpaired) electrons. The SMILES string of the molecule is Cc1cccc2c(=O)n(CC(=O)N(C)CCOc3ccc(F)cc3)cnc12. The Hall–Kier alpha value is -3.22. The molecule has 0 atom stereocenters. The summed E-state index contributed by atoms with van der Waals surface area (Å²) in [6.07, 6.45) is 1.40. The van der Waals surface area contributed by atoms with E-state index in [2.05, 4.69) is 4.98 Å². The molecule has 0 fully saturated rings. The first kappa shape index (κ1) is 18.6. The van der Waals surface area contributed by atoms with E-state index in [0.29, 0.717) is 23.2 Å². The zero-order valence-electron chi connectivity index (χ0n) is 15.2. The van der Waals surface area contributed by atoms with E-state index in [4.69, 9.17) is 4.74 Å². The molecule has 0 aliphatic rings. The maximum atomic E-state index is 12.9. The molecule has 1 amide bonds. The number of likely N-dealkylation sites (N-methyl/N-ethyl adjacent to an activating group) is 1. The van der Waals surface area contributed by atoms with Crippen LogP contribution in [0.3, 0.4) is 0 Å². The second-order valence-electron chi connectivity index (χ2n) is 6.27. The Morgan fingerprint density at radius 1 is 1.22 bits per heavy atom. The van der Waals surface area contributed by atoms with Crippen molar-refractivity contribution in [3.05, 3.63) is 70.5 Å². The molecule has 0 aliphatic heterocycles. The van der Waals surface area contributed by atoms with Crippen LogP contribution in [0.1, 0.15) is 5.56 Å². The van der Waals surface area contributed by atoms with Crippen LogP contribution in [0.5, 0.6) is 5.75 Å². The molecule has 6 nitrogen and oxygen atoms in total. The number of aromatic nitrogens is 2. The number of hydrogen-bond acceptors (Lipinski definition) is 4. The van der Waals surface area contributed by atoms with Crippen molar-refractivity contribution in [2.45, 2.75) is 13.5 Å². The number of carbonyl (C=O) groups is 1. The van der Waals surface area contributed by atoms with Crippen molar-refractivity contribution in [3.8, 4) is 5.75 Å². The Balaban J connectivity index is 1.61. The van der Waals surface area contributed by atoms with Crippen LogP contribution < -0.4 is 10.3 Å². The third-order valence-corrected chi connectivity index (χ3v) is 4.30. The Morgan fingerprint density at radius 3 is 2.70 bits per heavy atom. The number of aryl methyl sites for hydroxylation is 1. The summed E-state index contributed by atoms with van der Waals surface area (Å²) < 4.78 is 19.7. The molecular weight excluding hydrogens is 349 g/mol. The zero-order chi connectivity index (χ0) is 19.4. The number of ether oxygens (including phenoxy) is 1. The lowest BCUT2D eigenvalue weighted by atomic mass is 10.1. The molecule has 0 bridgehead atoms. The standard InChI is InChI=1S/C20H20FN3O3/c1-14-4-3-5-17-19(14)22-13-24(20(17)26)12-18(25)23(2)10-11-27-16-8-6-15(21)7-9-16/h3-9,13H,10-12H2,1-2H3. The highest BCUT2D eigenvalue weighted by Crippen LogP contribution is 2.12. The molecule has 0 saturated carbocycles. The monoisotopic (exact) mass is 369 g/mol. The topological polar surface area (TPSA) is 64.4 Å². The fraction of sp³-hybridized carbons (Fsp3) is 0.250. The average molecular weight is 369 g/mol. The third-order valence-electron chi connectivity index (χ3n) is 4.30. The van der Waals surface area contributed by atoms with Gasteiger partial charge in [-0.2, -0.15) is 0 Å². The van der Waals surface area contributed by atoms with Crippen molar-refractivity contribution in [1.29, 1.82) is 0 Å². The molecule has 0 unspecified atom stereocenters. The second-order valence-corrected chi connectivity index (χ2v) is 6.27. The minimum absolute atomic E-state index is 0.0945. The fourth-order valence-corrected chi connectivity index (χ4v) is 2.67. The van der Waals surface area contributed by atoms with Crippen LogP contribution in [0.2, 0.25) is 0 Å². The van der Waals surface area contributed by atoms with Gasteiger partial charge in [-0.05, 0) is 42.8 Å². The summed E-state index contributed by atoms with van der Waals surface area (Å²) in [5, 5.41) is 0.493. The predicted octanol–water partition coefficient (Wildman–Crippen LogP) is 2.38. The Kier molecular flexibility index (Phi) is 5.49. The van der Waals surface area contributed by atoms with Gasteiger partial charge in [0.25, 0.3) is 5.56 Å². The van der Waals surface area contributed by atoms with Crippen LogP contribution in [-0.4, -0.2) is 40.6 Å². The Morgan fingerprint density at radius 2 is 1.96 bits per heavy atom. The molecule has 2 aromatic carbocycles. The van der Waals surface area contributed by atoms with E-state index in [9.17, 15) is 14.0 Å². The normalized spacial score (nSPS) is 10.8. The van der Waals surface area contributed by atoms with Crippen LogP contribution in [0.25, 0.3) is 10.9 Å². The largest absolute Gasteiger partial charge is 0.492 e. The number of nitrogens with zero attached hydrogens (tertiary/aromatic N) is 3. The maximum absolute atomic E-state index is 12.9. The summed E-state index contributed by atoms with van der Waals surface area (Å²) in [5.41, 5.74) is 1.32. The molecular formula is C20H20FN3O3. The summed E-state index contributed by atoms with van der Waals surface area (Å²) in [7, 11) is 1.64. The van der Waals surface area contributed by atoms with E-state index >= 15 is 0 Å². The predicted molar refractivity (Wildman–Crippen MR) is 100 cm³/mol. The summed E-state index contributed by atoms with van der Waals surface area (Å²) in [6.45, 7) is 2.39.